The molecule has 0 radical (unpaired) electrons. The van der Waals surface area contributed by atoms with E-state index in [2.05, 4.69) is 5.32 Å². The van der Waals surface area contributed by atoms with Crippen molar-refractivity contribution in [2.75, 3.05) is 11.9 Å². The summed E-state index contributed by atoms with van der Waals surface area (Å²) in [4.78, 5) is 26.6. The summed E-state index contributed by atoms with van der Waals surface area (Å²) in [5.41, 5.74) is 2.75. The Balaban J connectivity index is 1.43. The maximum atomic E-state index is 12.8. The Morgan fingerprint density at radius 1 is 0.867 bits per heavy atom. The van der Waals surface area contributed by atoms with Crippen LogP contribution in [-0.2, 0) is 4.79 Å². The van der Waals surface area contributed by atoms with Crippen LogP contribution in [0.4, 0.5) is 10.5 Å². The molecular formula is C24H22N2O4. The zero-order chi connectivity index (χ0) is 20.9. The first-order chi connectivity index (χ1) is 14.6. The lowest BCUT2D eigenvalue weighted by Gasteiger charge is -2.23. The molecule has 2 atom stereocenters. The van der Waals surface area contributed by atoms with E-state index < -0.39 is 18.2 Å². The highest BCUT2D eigenvalue weighted by atomic mass is 16.6. The van der Waals surface area contributed by atoms with Crippen LogP contribution < -0.4 is 10.1 Å². The van der Waals surface area contributed by atoms with Crippen molar-refractivity contribution in [1.82, 2.24) is 4.90 Å². The number of likely N-dealkylation sites (tertiary alicyclic amines) is 1. The van der Waals surface area contributed by atoms with Gasteiger partial charge in [-0.05, 0) is 35.4 Å². The fourth-order valence-corrected chi connectivity index (χ4v) is 3.51. The second-order valence-electron chi connectivity index (χ2n) is 7.17. The maximum absolute atomic E-state index is 12.8. The van der Waals surface area contributed by atoms with Crippen LogP contribution in [0.25, 0.3) is 11.1 Å². The van der Waals surface area contributed by atoms with Crippen LogP contribution in [-0.4, -0.2) is 40.7 Å². The van der Waals surface area contributed by atoms with Gasteiger partial charge in [0, 0.05) is 12.1 Å². The summed E-state index contributed by atoms with van der Waals surface area (Å²) in [6, 6.07) is 25.3. The highest BCUT2D eigenvalue weighted by molar-refractivity contribution is 5.97. The van der Waals surface area contributed by atoms with E-state index in [0.717, 1.165) is 11.1 Å². The molecule has 0 saturated carbocycles. The Kier molecular flexibility index (Phi) is 5.77. The molecule has 6 nitrogen and oxygen atoms in total. The van der Waals surface area contributed by atoms with Crippen molar-refractivity contribution >= 4 is 17.7 Å². The fraction of sp³-hybridized carbons (Fsp3) is 0.167. The van der Waals surface area contributed by atoms with E-state index in [-0.39, 0.29) is 18.9 Å². The number of carbonyl (C=O) groups is 2. The highest BCUT2D eigenvalue weighted by Gasteiger charge is 2.40. The molecule has 1 saturated heterocycles. The molecule has 0 aliphatic carbocycles. The van der Waals surface area contributed by atoms with Crippen molar-refractivity contribution < 1.29 is 19.4 Å². The number of hydrogen-bond donors (Lipinski definition) is 2. The third-order valence-corrected chi connectivity index (χ3v) is 5.02. The van der Waals surface area contributed by atoms with Gasteiger partial charge in [0.1, 0.15) is 11.8 Å². The fourth-order valence-electron chi connectivity index (χ4n) is 3.51. The van der Waals surface area contributed by atoms with Gasteiger partial charge in [-0.2, -0.15) is 0 Å². The summed E-state index contributed by atoms with van der Waals surface area (Å²) in [5.74, 6) is 0.0311. The first-order valence-corrected chi connectivity index (χ1v) is 9.78. The predicted molar refractivity (Wildman–Crippen MR) is 114 cm³/mol. The quantitative estimate of drug-likeness (QED) is 0.693. The van der Waals surface area contributed by atoms with Gasteiger partial charge in [-0.1, -0.05) is 60.7 Å². The van der Waals surface area contributed by atoms with Gasteiger partial charge >= 0.3 is 6.09 Å². The van der Waals surface area contributed by atoms with Crippen LogP contribution in [0.1, 0.15) is 6.42 Å². The number of nitrogens with zero attached hydrogens (tertiary/aromatic N) is 1. The first kappa shape index (κ1) is 19.7. The molecule has 152 valence electrons. The molecule has 0 aromatic heterocycles. The van der Waals surface area contributed by atoms with Gasteiger partial charge < -0.3 is 15.2 Å². The smallest absolute Gasteiger partial charge is 0.410 e. The SMILES string of the molecule is O=C(Nc1ccc(-c2ccccc2)cc1)[C@@H]1C[C@H](O)CN1C(=O)Oc1ccccc1. The molecule has 1 heterocycles. The molecule has 4 rings (SSSR count). The van der Waals surface area contributed by atoms with Crippen molar-refractivity contribution in [3.05, 3.63) is 84.9 Å². The number of anilines is 1. The summed E-state index contributed by atoms with van der Waals surface area (Å²) in [6.45, 7) is 0.0523. The number of benzene rings is 3. The third-order valence-electron chi connectivity index (χ3n) is 5.02. The van der Waals surface area contributed by atoms with Gasteiger partial charge in [0.05, 0.1) is 12.6 Å². The standard InChI is InChI=1S/C24H22N2O4/c27-20-15-22(26(16-20)24(29)30-21-9-5-2-6-10-21)23(28)25-19-13-11-18(12-14-19)17-7-3-1-4-8-17/h1-14,20,22,27H,15-16H2,(H,25,28)/t20-,22-/m0/s1. The van der Waals surface area contributed by atoms with Gasteiger partial charge in [0.25, 0.3) is 0 Å². The van der Waals surface area contributed by atoms with Gasteiger partial charge in [-0.3, -0.25) is 9.69 Å². The molecule has 3 aromatic rings. The minimum atomic E-state index is -0.801. The largest absolute Gasteiger partial charge is 0.416 e. The Labute approximate surface area is 174 Å². The molecule has 6 heteroatoms. The van der Waals surface area contributed by atoms with Crippen molar-refractivity contribution in [2.24, 2.45) is 0 Å². The molecule has 0 bridgehead atoms. The molecule has 0 spiro atoms. The minimum absolute atomic E-state index is 0.0523. The van der Waals surface area contributed by atoms with Gasteiger partial charge in [-0.15, -0.1) is 0 Å². The first-order valence-electron chi connectivity index (χ1n) is 9.78. The number of para-hydroxylation sites is 1. The van der Waals surface area contributed by atoms with E-state index in [1.165, 1.54) is 4.90 Å². The number of aliphatic hydroxyl groups excluding tert-OH is 1. The zero-order valence-electron chi connectivity index (χ0n) is 16.3. The van der Waals surface area contributed by atoms with Crippen LogP contribution in [0, 0.1) is 0 Å². The van der Waals surface area contributed by atoms with Crippen molar-refractivity contribution in [3.63, 3.8) is 0 Å². The van der Waals surface area contributed by atoms with E-state index in [1.807, 2.05) is 60.7 Å². The molecular weight excluding hydrogens is 380 g/mol. The van der Waals surface area contributed by atoms with Gasteiger partial charge in [0.15, 0.2) is 0 Å². The number of rotatable bonds is 4. The number of carbonyl (C=O) groups excluding carboxylic acids is 2. The van der Waals surface area contributed by atoms with Crippen LogP contribution in [0.2, 0.25) is 0 Å². The van der Waals surface area contributed by atoms with E-state index in [0.29, 0.717) is 11.4 Å². The van der Waals surface area contributed by atoms with Crippen LogP contribution in [0.15, 0.2) is 84.9 Å². The zero-order valence-corrected chi connectivity index (χ0v) is 16.3. The number of ether oxygens (including phenoxy) is 1. The molecule has 1 fully saturated rings. The average molecular weight is 402 g/mol. The van der Waals surface area contributed by atoms with E-state index in [1.54, 1.807) is 24.3 Å². The molecule has 2 amide bonds. The number of β-amino-alcohol motifs (C(OH)–C–C–N with tert-alkyl or cyclic N) is 1. The lowest BCUT2D eigenvalue weighted by atomic mass is 10.1. The van der Waals surface area contributed by atoms with Gasteiger partial charge in [-0.25, -0.2) is 4.79 Å². The molecule has 0 unspecified atom stereocenters. The average Bonchev–Trinajstić information content (AvgIpc) is 3.18. The molecule has 1 aliphatic rings. The van der Waals surface area contributed by atoms with Crippen LogP contribution in [0.3, 0.4) is 0 Å². The third kappa shape index (κ3) is 4.50. The van der Waals surface area contributed by atoms with E-state index >= 15 is 0 Å². The maximum Gasteiger partial charge on any atom is 0.416 e. The summed E-state index contributed by atoms with van der Waals surface area (Å²) in [5, 5.41) is 12.9. The van der Waals surface area contributed by atoms with E-state index in [9.17, 15) is 14.7 Å². The van der Waals surface area contributed by atoms with E-state index in [4.69, 9.17) is 4.74 Å². The topological polar surface area (TPSA) is 78.9 Å². The van der Waals surface area contributed by atoms with Gasteiger partial charge in [0.2, 0.25) is 5.91 Å². The minimum Gasteiger partial charge on any atom is -0.410 e. The summed E-state index contributed by atoms with van der Waals surface area (Å²) in [7, 11) is 0. The normalized spacial score (nSPS) is 18.1. The number of hydrogen-bond acceptors (Lipinski definition) is 4. The molecule has 2 N–H and O–H groups in total. The Morgan fingerprint density at radius 2 is 1.47 bits per heavy atom. The molecule has 3 aromatic carbocycles. The Hall–Kier alpha value is -3.64. The van der Waals surface area contributed by atoms with Crippen molar-refractivity contribution in [2.45, 2.75) is 18.6 Å². The second-order valence-corrected chi connectivity index (χ2v) is 7.17. The molecule has 30 heavy (non-hydrogen) atoms. The lowest BCUT2D eigenvalue weighted by molar-refractivity contribution is -0.119. The predicted octanol–water partition coefficient (Wildman–Crippen LogP) is 3.93. The van der Waals surface area contributed by atoms with Crippen molar-refractivity contribution in [3.8, 4) is 16.9 Å². The number of aliphatic hydroxyl groups is 1. The number of amides is 2. The summed E-state index contributed by atoms with van der Waals surface area (Å²) in [6.07, 6.45) is -1.26. The summed E-state index contributed by atoms with van der Waals surface area (Å²) >= 11 is 0. The highest BCUT2D eigenvalue weighted by Crippen LogP contribution is 2.24. The lowest BCUT2D eigenvalue weighted by Crippen LogP contribution is -2.44. The Bertz CT molecular complexity index is 1010. The Morgan fingerprint density at radius 3 is 2.13 bits per heavy atom. The molecule has 1 aliphatic heterocycles. The monoisotopic (exact) mass is 402 g/mol. The second kappa shape index (κ2) is 8.80. The number of nitrogens with one attached hydrogen (secondary N) is 1. The van der Waals surface area contributed by atoms with Crippen LogP contribution in [0.5, 0.6) is 5.75 Å². The van der Waals surface area contributed by atoms with Crippen LogP contribution >= 0.6 is 0 Å². The van der Waals surface area contributed by atoms with Crippen molar-refractivity contribution in [1.29, 1.82) is 0 Å². The summed E-state index contributed by atoms with van der Waals surface area (Å²) < 4.78 is 5.34.